The van der Waals surface area contributed by atoms with Gasteiger partial charge in [-0.25, -0.2) is 8.42 Å². The third kappa shape index (κ3) is 5.76. The number of sulfonamides is 1. The van der Waals surface area contributed by atoms with Crippen LogP contribution in [0.5, 0.6) is 0 Å². The second-order valence-corrected chi connectivity index (χ2v) is 8.32. The number of amides is 2. The van der Waals surface area contributed by atoms with Gasteiger partial charge < -0.3 is 15.7 Å². The van der Waals surface area contributed by atoms with Crippen molar-refractivity contribution in [1.82, 2.24) is 10.0 Å². The second-order valence-electron chi connectivity index (χ2n) is 6.60. The lowest BCUT2D eigenvalue weighted by Gasteiger charge is -2.18. The first-order chi connectivity index (χ1) is 12.6. The van der Waals surface area contributed by atoms with Crippen molar-refractivity contribution in [3.63, 3.8) is 0 Å². The minimum atomic E-state index is -3.93. The summed E-state index contributed by atoms with van der Waals surface area (Å²) in [5.74, 6) is -2.15. The predicted molar refractivity (Wildman–Crippen MR) is 97.4 cm³/mol. The summed E-state index contributed by atoms with van der Waals surface area (Å²) in [6.07, 6.45) is 1.37. The summed E-state index contributed by atoms with van der Waals surface area (Å²) >= 11 is 0. The normalized spacial score (nSPS) is 20.7. The lowest BCUT2D eigenvalue weighted by Crippen LogP contribution is -2.47. The maximum Gasteiger partial charge on any atom is 0.306 e. The van der Waals surface area contributed by atoms with Crippen molar-refractivity contribution in [1.29, 1.82) is 0 Å². The van der Waals surface area contributed by atoms with Gasteiger partial charge >= 0.3 is 5.97 Å². The standard InChI is InChI=1S/C17H23N3O6S/c1-10(16(22)19-14-4-3-12(9-14)17(23)24)20-27(25,26)15-7-5-13(6-8-15)18-11(2)21/h5-8,10,12,14,20H,3-4,9H2,1-2H3,(H,18,21)(H,19,22)(H,23,24)/t10?,12-,14+/m1/s1. The summed E-state index contributed by atoms with van der Waals surface area (Å²) in [5.41, 5.74) is 0.460. The van der Waals surface area contributed by atoms with Gasteiger partial charge in [0.2, 0.25) is 21.8 Å². The minimum Gasteiger partial charge on any atom is -0.481 e. The highest BCUT2D eigenvalue weighted by Gasteiger charge is 2.32. The summed E-state index contributed by atoms with van der Waals surface area (Å²) in [5, 5.41) is 14.2. The Morgan fingerprint density at radius 2 is 1.78 bits per heavy atom. The van der Waals surface area contributed by atoms with Crippen LogP contribution in [0.25, 0.3) is 0 Å². The van der Waals surface area contributed by atoms with E-state index in [2.05, 4.69) is 15.4 Å². The molecule has 9 nitrogen and oxygen atoms in total. The van der Waals surface area contributed by atoms with Crippen molar-refractivity contribution in [2.45, 2.75) is 50.1 Å². The lowest BCUT2D eigenvalue weighted by atomic mass is 10.1. The molecule has 10 heteroatoms. The number of rotatable bonds is 7. The van der Waals surface area contributed by atoms with Crippen molar-refractivity contribution in [3.05, 3.63) is 24.3 Å². The molecule has 1 fully saturated rings. The fourth-order valence-corrected chi connectivity index (χ4v) is 4.14. The molecule has 0 aliphatic heterocycles. The van der Waals surface area contributed by atoms with Crippen LogP contribution in [0, 0.1) is 5.92 Å². The van der Waals surface area contributed by atoms with Gasteiger partial charge in [0.25, 0.3) is 0 Å². The number of hydrogen-bond acceptors (Lipinski definition) is 5. The Morgan fingerprint density at radius 3 is 2.30 bits per heavy atom. The molecule has 0 spiro atoms. The zero-order valence-corrected chi connectivity index (χ0v) is 15.9. The van der Waals surface area contributed by atoms with Gasteiger partial charge in [-0.1, -0.05) is 0 Å². The minimum absolute atomic E-state index is 0.0388. The van der Waals surface area contributed by atoms with E-state index in [1.54, 1.807) is 0 Å². The molecular weight excluding hydrogens is 374 g/mol. The monoisotopic (exact) mass is 397 g/mol. The number of carboxylic acid groups (broad SMARTS) is 1. The van der Waals surface area contributed by atoms with Gasteiger partial charge in [-0.05, 0) is 50.5 Å². The van der Waals surface area contributed by atoms with Crippen LogP contribution < -0.4 is 15.4 Å². The summed E-state index contributed by atoms with van der Waals surface area (Å²) in [6.45, 7) is 2.76. The quantitative estimate of drug-likeness (QED) is 0.533. The van der Waals surface area contributed by atoms with Crippen LogP contribution in [-0.2, 0) is 24.4 Å². The van der Waals surface area contributed by atoms with Gasteiger partial charge in [0, 0.05) is 18.7 Å². The molecule has 1 aromatic carbocycles. The molecule has 0 heterocycles. The third-order valence-electron chi connectivity index (χ3n) is 4.34. The van der Waals surface area contributed by atoms with E-state index in [1.165, 1.54) is 38.1 Å². The summed E-state index contributed by atoms with van der Waals surface area (Å²) in [6, 6.07) is 4.26. The Labute approximate surface area is 157 Å². The highest BCUT2D eigenvalue weighted by Crippen LogP contribution is 2.25. The predicted octanol–water partition coefficient (Wildman–Crippen LogP) is 0.681. The number of aliphatic carboxylic acids is 1. The van der Waals surface area contributed by atoms with Crippen LogP contribution >= 0.6 is 0 Å². The Morgan fingerprint density at radius 1 is 1.15 bits per heavy atom. The maximum atomic E-state index is 12.4. The van der Waals surface area contributed by atoms with Crippen LogP contribution in [0.2, 0.25) is 0 Å². The van der Waals surface area contributed by atoms with Gasteiger partial charge in [-0.15, -0.1) is 0 Å². The van der Waals surface area contributed by atoms with E-state index in [0.29, 0.717) is 24.9 Å². The van der Waals surface area contributed by atoms with Crippen molar-refractivity contribution >= 4 is 33.5 Å². The van der Waals surface area contributed by atoms with E-state index in [4.69, 9.17) is 5.11 Å². The molecule has 27 heavy (non-hydrogen) atoms. The Balaban J connectivity index is 1.95. The number of anilines is 1. The zero-order chi connectivity index (χ0) is 20.2. The molecule has 1 aliphatic rings. The van der Waals surface area contributed by atoms with E-state index in [1.807, 2.05) is 0 Å². The van der Waals surface area contributed by atoms with Crippen LogP contribution in [-0.4, -0.2) is 43.4 Å². The number of carboxylic acids is 1. The van der Waals surface area contributed by atoms with Crippen LogP contribution in [0.3, 0.4) is 0 Å². The highest BCUT2D eigenvalue weighted by atomic mass is 32.2. The van der Waals surface area contributed by atoms with Gasteiger partial charge in [0.15, 0.2) is 0 Å². The number of nitrogens with one attached hydrogen (secondary N) is 3. The first kappa shape index (κ1) is 20.8. The van der Waals surface area contributed by atoms with E-state index in [-0.39, 0.29) is 16.8 Å². The lowest BCUT2D eigenvalue weighted by molar-refractivity contribution is -0.141. The van der Waals surface area contributed by atoms with Gasteiger partial charge in [-0.3, -0.25) is 14.4 Å². The molecule has 2 rings (SSSR count). The zero-order valence-electron chi connectivity index (χ0n) is 15.1. The van der Waals surface area contributed by atoms with E-state index < -0.39 is 33.9 Å². The molecule has 0 radical (unpaired) electrons. The van der Waals surface area contributed by atoms with Crippen molar-refractivity contribution < 1.29 is 27.9 Å². The van der Waals surface area contributed by atoms with Crippen LogP contribution in [0.4, 0.5) is 5.69 Å². The molecule has 4 N–H and O–H groups in total. The maximum absolute atomic E-state index is 12.4. The highest BCUT2D eigenvalue weighted by molar-refractivity contribution is 7.89. The average Bonchev–Trinajstić information content (AvgIpc) is 3.03. The largest absolute Gasteiger partial charge is 0.481 e. The fraction of sp³-hybridized carbons (Fsp3) is 0.471. The Hall–Kier alpha value is -2.46. The molecule has 1 saturated carbocycles. The molecular formula is C17H23N3O6S. The van der Waals surface area contributed by atoms with Crippen molar-refractivity contribution in [3.8, 4) is 0 Å². The van der Waals surface area contributed by atoms with Crippen LogP contribution in [0.1, 0.15) is 33.1 Å². The van der Waals surface area contributed by atoms with Crippen LogP contribution in [0.15, 0.2) is 29.2 Å². The molecule has 0 saturated heterocycles. The molecule has 1 aliphatic carbocycles. The molecule has 148 valence electrons. The van der Waals surface area contributed by atoms with Gasteiger partial charge in [-0.2, -0.15) is 4.72 Å². The number of carbonyl (C=O) groups is 3. The molecule has 1 aromatic rings. The number of benzene rings is 1. The molecule has 1 unspecified atom stereocenters. The summed E-state index contributed by atoms with van der Waals surface area (Å²) < 4.78 is 27.1. The smallest absolute Gasteiger partial charge is 0.306 e. The van der Waals surface area contributed by atoms with Crippen molar-refractivity contribution in [2.75, 3.05) is 5.32 Å². The number of hydrogen-bond donors (Lipinski definition) is 4. The van der Waals surface area contributed by atoms with E-state index in [0.717, 1.165) is 0 Å². The SMILES string of the molecule is CC(=O)Nc1ccc(S(=O)(=O)NC(C)C(=O)N[C@H]2CC[C@@H](C(=O)O)C2)cc1. The Kier molecular flexibility index (Phi) is 6.55. The average molecular weight is 397 g/mol. The molecule has 2 amide bonds. The topological polar surface area (TPSA) is 142 Å². The van der Waals surface area contributed by atoms with Crippen molar-refractivity contribution in [2.24, 2.45) is 5.92 Å². The molecule has 3 atom stereocenters. The van der Waals surface area contributed by atoms with Gasteiger partial charge in [0.1, 0.15) is 0 Å². The molecule has 0 bridgehead atoms. The summed E-state index contributed by atoms with van der Waals surface area (Å²) in [4.78, 5) is 34.2. The Bertz CT molecular complexity index is 822. The second kappa shape index (κ2) is 8.49. The van der Waals surface area contributed by atoms with Gasteiger partial charge in [0.05, 0.1) is 16.9 Å². The third-order valence-corrected chi connectivity index (χ3v) is 5.90. The first-order valence-corrected chi connectivity index (χ1v) is 10.00. The van der Waals surface area contributed by atoms with E-state index in [9.17, 15) is 22.8 Å². The summed E-state index contributed by atoms with van der Waals surface area (Å²) in [7, 11) is -3.93. The first-order valence-electron chi connectivity index (χ1n) is 8.51. The fourth-order valence-electron chi connectivity index (χ4n) is 2.94. The molecule has 0 aromatic heterocycles. The van der Waals surface area contributed by atoms with E-state index >= 15 is 0 Å². The number of carbonyl (C=O) groups excluding carboxylic acids is 2.